The summed E-state index contributed by atoms with van der Waals surface area (Å²) >= 11 is 11.9. The molecule has 19 heavy (non-hydrogen) atoms. The molecule has 0 amide bonds. The molecule has 3 atom stereocenters. The van der Waals surface area contributed by atoms with Gasteiger partial charge in [-0.15, -0.1) is 0 Å². The molecule has 2 aliphatic rings. The summed E-state index contributed by atoms with van der Waals surface area (Å²) in [6, 6.07) is 2.11. The third-order valence-corrected chi connectivity index (χ3v) is 5.00. The van der Waals surface area contributed by atoms with E-state index >= 15 is 0 Å². The first kappa shape index (κ1) is 13.4. The highest BCUT2D eigenvalue weighted by molar-refractivity contribution is 6.33. The van der Waals surface area contributed by atoms with Crippen LogP contribution in [-0.2, 0) is 0 Å². The largest absolute Gasteiger partial charge is 0.341 e. The molecule has 1 unspecified atom stereocenters. The van der Waals surface area contributed by atoms with E-state index in [1.165, 1.54) is 38.5 Å². The van der Waals surface area contributed by atoms with E-state index in [9.17, 15) is 0 Å². The molecule has 0 saturated heterocycles. The number of rotatable bonds is 2. The summed E-state index contributed by atoms with van der Waals surface area (Å²) in [5, 5.41) is 0.829. The van der Waals surface area contributed by atoms with Crippen molar-refractivity contribution in [1.29, 1.82) is 0 Å². The molecule has 3 rings (SSSR count). The Morgan fingerprint density at radius 1 is 1.05 bits per heavy atom. The normalized spacial score (nSPS) is 30.2. The highest BCUT2D eigenvalue weighted by Gasteiger charge is 2.34. The molecule has 0 radical (unpaired) electrons. The van der Waals surface area contributed by atoms with E-state index in [0.29, 0.717) is 22.3 Å². The van der Waals surface area contributed by atoms with E-state index in [1.807, 2.05) is 0 Å². The highest BCUT2D eigenvalue weighted by Crippen LogP contribution is 2.41. The molecule has 0 aromatic carbocycles. The minimum absolute atomic E-state index is 0.415. The summed E-state index contributed by atoms with van der Waals surface area (Å²) in [5.41, 5.74) is 0. The second-order valence-electron chi connectivity index (χ2n) is 5.95. The van der Waals surface area contributed by atoms with Crippen molar-refractivity contribution in [2.24, 2.45) is 11.8 Å². The minimum Gasteiger partial charge on any atom is -0.341 e. The fourth-order valence-corrected chi connectivity index (χ4v) is 4.13. The van der Waals surface area contributed by atoms with E-state index in [0.717, 1.165) is 11.8 Å². The van der Waals surface area contributed by atoms with Gasteiger partial charge < -0.3 is 4.90 Å². The van der Waals surface area contributed by atoms with Crippen LogP contribution in [-0.4, -0.2) is 23.1 Å². The molecule has 0 spiro atoms. The van der Waals surface area contributed by atoms with Gasteiger partial charge in [0.05, 0.1) is 0 Å². The van der Waals surface area contributed by atoms with Crippen molar-refractivity contribution >= 4 is 29.2 Å². The van der Waals surface area contributed by atoms with Crippen molar-refractivity contribution in [2.75, 3.05) is 11.9 Å². The fourth-order valence-electron chi connectivity index (χ4n) is 3.71. The van der Waals surface area contributed by atoms with Gasteiger partial charge in [-0.2, -0.15) is 0 Å². The van der Waals surface area contributed by atoms with Gasteiger partial charge >= 0.3 is 0 Å². The number of hydrogen-bond acceptors (Lipinski definition) is 3. The lowest BCUT2D eigenvalue weighted by Gasteiger charge is -2.42. The van der Waals surface area contributed by atoms with Crippen LogP contribution in [0.3, 0.4) is 0 Å². The second-order valence-corrected chi connectivity index (χ2v) is 6.72. The van der Waals surface area contributed by atoms with Crippen LogP contribution in [0.5, 0.6) is 0 Å². The number of anilines is 1. The van der Waals surface area contributed by atoms with Crippen LogP contribution >= 0.6 is 23.2 Å². The van der Waals surface area contributed by atoms with Crippen LogP contribution in [0, 0.1) is 11.8 Å². The average molecular weight is 300 g/mol. The lowest BCUT2D eigenvalue weighted by molar-refractivity contribution is 0.168. The van der Waals surface area contributed by atoms with Gasteiger partial charge in [0.25, 0.3) is 0 Å². The van der Waals surface area contributed by atoms with Gasteiger partial charge in [0.1, 0.15) is 10.3 Å². The summed E-state index contributed by atoms with van der Waals surface area (Å²) in [5.74, 6) is 2.42. The molecule has 2 bridgehead atoms. The molecule has 0 aliphatic heterocycles. The molecular formula is C14H19Cl2N3. The Hall–Kier alpha value is -0.540. The van der Waals surface area contributed by atoms with Crippen molar-refractivity contribution in [3.05, 3.63) is 16.4 Å². The van der Waals surface area contributed by atoms with Gasteiger partial charge in [0.2, 0.25) is 5.95 Å². The number of hydrogen-bond donors (Lipinski definition) is 0. The van der Waals surface area contributed by atoms with E-state index in [1.54, 1.807) is 6.07 Å². The van der Waals surface area contributed by atoms with Crippen LogP contribution in [0.1, 0.15) is 38.5 Å². The van der Waals surface area contributed by atoms with E-state index in [2.05, 4.69) is 21.9 Å². The Bertz CT molecular complexity index is 434. The molecule has 3 nitrogen and oxygen atoms in total. The maximum atomic E-state index is 5.97. The quantitative estimate of drug-likeness (QED) is 0.767. The topological polar surface area (TPSA) is 29.0 Å². The van der Waals surface area contributed by atoms with Gasteiger partial charge in [-0.05, 0) is 31.1 Å². The van der Waals surface area contributed by atoms with Crippen LogP contribution < -0.4 is 4.90 Å². The zero-order chi connectivity index (χ0) is 13.4. The summed E-state index contributed by atoms with van der Waals surface area (Å²) in [6.45, 7) is 0. The van der Waals surface area contributed by atoms with Gasteiger partial charge in [0.15, 0.2) is 0 Å². The predicted octanol–water partition coefficient (Wildman–Crippen LogP) is 4.19. The van der Waals surface area contributed by atoms with Gasteiger partial charge in [-0.3, -0.25) is 0 Å². The molecule has 2 saturated carbocycles. The predicted molar refractivity (Wildman–Crippen MR) is 78.9 cm³/mol. The molecule has 104 valence electrons. The summed E-state index contributed by atoms with van der Waals surface area (Å²) in [6.07, 6.45) is 8.10. The smallest absolute Gasteiger partial charge is 0.228 e. The molecule has 1 aromatic rings. The lowest BCUT2D eigenvalue weighted by Crippen LogP contribution is -2.41. The van der Waals surface area contributed by atoms with Crippen molar-refractivity contribution < 1.29 is 0 Å². The molecule has 2 aliphatic carbocycles. The standard InChI is InChI=1S/C14H19Cl2N3/c1-19(14-17-12(15)8-13(16)18-14)11-6-9-3-2-4-10(5-9)7-11/h8-11H,2-7H2,1H3/t9-,10+,11?. The van der Waals surface area contributed by atoms with E-state index < -0.39 is 0 Å². The van der Waals surface area contributed by atoms with Crippen molar-refractivity contribution in [2.45, 2.75) is 44.6 Å². The average Bonchev–Trinajstić information content (AvgIpc) is 2.36. The number of halogens is 2. The molecular weight excluding hydrogens is 281 g/mol. The first-order chi connectivity index (χ1) is 9.11. The first-order valence-corrected chi connectivity index (χ1v) is 7.80. The van der Waals surface area contributed by atoms with Crippen molar-refractivity contribution in [3.63, 3.8) is 0 Å². The number of aromatic nitrogens is 2. The molecule has 1 aromatic heterocycles. The third-order valence-electron chi connectivity index (χ3n) is 4.62. The minimum atomic E-state index is 0.415. The third kappa shape index (κ3) is 2.97. The number of fused-ring (bicyclic) bond motifs is 2. The summed E-state index contributed by atoms with van der Waals surface area (Å²) < 4.78 is 0. The SMILES string of the molecule is CN(c1nc(Cl)cc(Cl)n1)C1C[C@H]2CCC[C@@H](C1)C2. The van der Waals surface area contributed by atoms with Crippen molar-refractivity contribution in [3.8, 4) is 0 Å². The molecule has 2 fully saturated rings. The van der Waals surface area contributed by atoms with E-state index in [4.69, 9.17) is 23.2 Å². The monoisotopic (exact) mass is 299 g/mol. The van der Waals surface area contributed by atoms with Gasteiger partial charge in [0, 0.05) is 19.2 Å². The Labute approximate surface area is 124 Å². The first-order valence-electron chi connectivity index (χ1n) is 7.04. The Morgan fingerprint density at radius 3 is 2.21 bits per heavy atom. The van der Waals surface area contributed by atoms with Gasteiger partial charge in [-0.25, -0.2) is 9.97 Å². The summed E-state index contributed by atoms with van der Waals surface area (Å²) in [4.78, 5) is 10.8. The number of nitrogens with zero attached hydrogens (tertiary/aromatic N) is 3. The highest BCUT2D eigenvalue weighted by atomic mass is 35.5. The van der Waals surface area contributed by atoms with Gasteiger partial charge in [-0.1, -0.05) is 42.5 Å². The Balaban J connectivity index is 1.77. The fraction of sp³-hybridized carbons (Fsp3) is 0.714. The van der Waals surface area contributed by atoms with E-state index in [-0.39, 0.29) is 0 Å². The molecule has 0 N–H and O–H groups in total. The second kappa shape index (κ2) is 5.45. The molecule has 5 heteroatoms. The van der Waals surface area contributed by atoms with Crippen LogP contribution in [0.4, 0.5) is 5.95 Å². The maximum Gasteiger partial charge on any atom is 0.228 e. The van der Waals surface area contributed by atoms with Crippen LogP contribution in [0.25, 0.3) is 0 Å². The van der Waals surface area contributed by atoms with Crippen LogP contribution in [0.2, 0.25) is 10.3 Å². The Morgan fingerprint density at radius 2 is 1.63 bits per heavy atom. The maximum absolute atomic E-state index is 5.97. The lowest BCUT2D eigenvalue weighted by atomic mass is 9.70. The van der Waals surface area contributed by atoms with Crippen molar-refractivity contribution in [1.82, 2.24) is 9.97 Å². The Kier molecular flexibility index (Phi) is 3.86. The summed E-state index contributed by atoms with van der Waals surface area (Å²) in [7, 11) is 2.06. The zero-order valence-corrected chi connectivity index (χ0v) is 12.7. The molecule has 1 heterocycles. The van der Waals surface area contributed by atoms with Crippen LogP contribution in [0.15, 0.2) is 6.07 Å². The zero-order valence-electron chi connectivity index (χ0n) is 11.1.